The van der Waals surface area contributed by atoms with Crippen LogP contribution in [0.2, 0.25) is 20.1 Å². The van der Waals surface area contributed by atoms with Gasteiger partial charge in [0.2, 0.25) is 11.8 Å². The molecule has 0 saturated carbocycles. The molecule has 248 valence electrons. The minimum Gasteiger partial charge on any atom is -0.354 e. The minimum absolute atomic E-state index is 0.0199. The van der Waals surface area contributed by atoms with E-state index in [0.717, 1.165) is 15.4 Å². The van der Waals surface area contributed by atoms with Gasteiger partial charge in [-0.15, -0.1) is 0 Å². The Morgan fingerprint density at radius 2 is 1.45 bits per heavy atom. The Kier molecular flexibility index (Phi) is 12.6. The van der Waals surface area contributed by atoms with Crippen molar-refractivity contribution in [1.82, 2.24) is 10.2 Å². The van der Waals surface area contributed by atoms with E-state index in [1.165, 1.54) is 35.2 Å². The fourth-order valence-corrected chi connectivity index (χ4v) is 7.02. The quantitative estimate of drug-likeness (QED) is 0.150. The Hall–Kier alpha value is -3.27. The highest BCUT2D eigenvalue weighted by molar-refractivity contribution is 7.92. The lowest BCUT2D eigenvalue weighted by Crippen LogP contribution is -2.53. The summed E-state index contributed by atoms with van der Waals surface area (Å²) in [5.41, 5.74) is 2.28. The number of sulfonamides is 1. The van der Waals surface area contributed by atoms with Gasteiger partial charge in [0.15, 0.2) is 0 Å². The number of amides is 2. The Balaban J connectivity index is 1.84. The average Bonchev–Trinajstić information content (AvgIpc) is 3.03. The Morgan fingerprint density at radius 1 is 0.787 bits per heavy atom. The summed E-state index contributed by atoms with van der Waals surface area (Å²) in [6.45, 7) is 5.40. The third-order valence-electron chi connectivity index (χ3n) is 7.36. The summed E-state index contributed by atoms with van der Waals surface area (Å²) < 4.78 is 29.4. The van der Waals surface area contributed by atoms with Gasteiger partial charge in [0.1, 0.15) is 12.6 Å². The zero-order valence-corrected chi connectivity index (χ0v) is 29.9. The number of nitrogens with one attached hydrogen (secondary N) is 1. The SMILES string of the molecule is Cc1ccc(S(=O)(=O)N(CC(=O)N(Cc2ccc(Cl)c(Cl)c2)C(Cc2ccccc2)C(=O)NCC(C)C)c2cc(Cl)ccc2Cl)cc1. The summed E-state index contributed by atoms with van der Waals surface area (Å²) in [5.74, 6) is -0.885. The largest absolute Gasteiger partial charge is 0.354 e. The molecule has 0 radical (unpaired) electrons. The summed E-state index contributed by atoms with van der Waals surface area (Å²) in [6, 6.07) is 23.8. The molecular formula is C35H35Cl4N3O4S. The molecule has 1 atom stereocenters. The maximum atomic E-state index is 14.6. The van der Waals surface area contributed by atoms with Gasteiger partial charge in [-0.2, -0.15) is 0 Å². The predicted molar refractivity (Wildman–Crippen MR) is 191 cm³/mol. The number of carbonyl (C=O) groups is 2. The summed E-state index contributed by atoms with van der Waals surface area (Å²) in [4.78, 5) is 29.8. The van der Waals surface area contributed by atoms with E-state index in [0.29, 0.717) is 17.1 Å². The molecule has 0 heterocycles. The van der Waals surface area contributed by atoms with Crippen LogP contribution in [0.15, 0.2) is 95.9 Å². The average molecular weight is 736 g/mol. The molecule has 12 heteroatoms. The van der Waals surface area contributed by atoms with Gasteiger partial charge in [0, 0.05) is 24.5 Å². The van der Waals surface area contributed by atoms with E-state index in [2.05, 4.69) is 5.32 Å². The Bertz CT molecular complexity index is 1820. The van der Waals surface area contributed by atoms with Crippen molar-refractivity contribution in [3.05, 3.63) is 128 Å². The Labute approximate surface area is 296 Å². The van der Waals surface area contributed by atoms with Gasteiger partial charge in [-0.05, 0) is 66.4 Å². The van der Waals surface area contributed by atoms with Crippen LogP contribution < -0.4 is 9.62 Å². The number of nitrogens with zero attached hydrogens (tertiary/aromatic N) is 2. The number of benzene rings is 4. The molecule has 0 aromatic heterocycles. The molecule has 1 N–H and O–H groups in total. The molecule has 4 rings (SSSR count). The van der Waals surface area contributed by atoms with E-state index >= 15 is 0 Å². The summed E-state index contributed by atoms with van der Waals surface area (Å²) in [7, 11) is -4.35. The van der Waals surface area contributed by atoms with Crippen LogP contribution in [0.1, 0.15) is 30.5 Å². The molecule has 0 aliphatic rings. The molecule has 1 unspecified atom stereocenters. The second-order valence-corrected chi connectivity index (χ2v) is 15.1. The van der Waals surface area contributed by atoms with Gasteiger partial charge in [-0.25, -0.2) is 8.42 Å². The number of carbonyl (C=O) groups excluding carboxylic acids is 2. The fourth-order valence-electron chi connectivity index (χ4n) is 4.84. The number of hydrogen-bond donors (Lipinski definition) is 1. The monoisotopic (exact) mass is 733 g/mol. The third kappa shape index (κ3) is 9.64. The van der Waals surface area contributed by atoms with Gasteiger partial charge in [0.25, 0.3) is 10.0 Å². The van der Waals surface area contributed by atoms with Crippen molar-refractivity contribution < 1.29 is 18.0 Å². The van der Waals surface area contributed by atoms with Crippen LogP contribution in [0.25, 0.3) is 0 Å². The van der Waals surface area contributed by atoms with Crippen LogP contribution in [0.3, 0.4) is 0 Å². The smallest absolute Gasteiger partial charge is 0.264 e. The van der Waals surface area contributed by atoms with Gasteiger partial charge < -0.3 is 10.2 Å². The normalized spacial score (nSPS) is 12.1. The molecule has 0 aliphatic heterocycles. The number of aryl methyl sites for hydroxylation is 1. The van der Waals surface area contributed by atoms with E-state index in [9.17, 15) is 18.0 Å². The summed E-state index contributed by atoms with van der Waals surface area (Å²) in [6.07, 6.45) is 0.167. The first-order valence-corrected chi connectivity index (χ1v) is 17.8. The number of rotatable bonds is 13. The highest BCUT2D eigenvalue weighted by Gasteiger charge is 2.35. The minimum atomic E-state index is -4.35. The van der Waals surface area contributed by atoms with Gasteiger partial charge in [0.05, 0.1) is 25.7 Å². The van der Waals surface area contributed by atoms with Crippen molar-refractivity contribution in [3.8, 4) is 0 Å². The van der Waals surface area contributed by atoms with Crippen LogP contribution in [-0.4, -0.2) is 44.3 Å². The molecule has 4 aromatic carbocycles. The van der Waals surface area contributed by atoms with E-state index in [-0.39, 0.29) is 50.4 Å². The zero-order chi connectivity index (χ0) is 34.3. The molecule has 0 fully saturated rings. The fraction of sp³-hybridized carbons (Fsp3) is 0.257. The lowest BCUT2D eigenvalue weighted by atomic mass is 10.0. The van der Waals surface area contributed by atoms with Crippen molar-refractivity contribution in [3.63, 3.8) is 0 Å². The third-order valence-corrected chi connectivity index (χ3v) is 10.4. The van der Waals surface area contributed by atoms with Crippen molar-refractivity contribution in [2.75, 3.05) is 17.4 Å². The van der Waals surface area contributed by atoms with Gasteiger partial charge in [-0.1, -0.05) is 114 Å². The second kappa shape index (κ2) is 16.2. The number of halogens is 4. The summed E-state index contributed by atoms with van der Waals surface area (Å²) in [5, 5.41) is 3.86. The van der Waals surface area contributed by atoms with Crippen LogP contribution in [-0.2, 0) is 32.6 Å². The number of hydrogen-bond acceptors (Lipinski definition) is 4. The first-order chi connectivity index (χ1) is 22.3. The van der Waals surface area contributed by atoms with E-state index in [1.54, 1.807) is 30.3 Å². The molecule has 2 amide bonds. The van der Waals surface area contributed by atoms with Crippen molar-refractivity contribution in [2.45, 2.75) is 44.7 Å². The van der Waals surface area contributed by atoms with Crippen LogP contribution >= 0.6 is 46.4 Å². The van der Waals surface area contributed by atoms with Gasteiger partial charge in [-0.3, -0.25) is 13.9 Å². The standard InChI is InChI=1S/C35H35Cl4N3O4S/c1-23(2)20-40-35(44)33(18-25-7-5-4-6-8-25)41(21-26-11-15-29(37)31(39)17-26)34(43)22-42(32-19-27(36)12-16-30(32)38)47(45,46)28-13-9-24(3)10-14-28/h4-17,19,23,33H,18,20-22H2,1-3H3,(H,40,44). The molecule has 0 spiro atoms. The molecule has 0 saturated heterocycles. The maximum Gasteiger partial charge on any atom is 0.264 e. The molecular weight excluding hydrogens is 700 g/mol. The molecule has 7 nitrogen and oxygen atoms in total. The van der Waals surface area contributed by atoms with Crippen LogP contribution in [0.4, 0.5) is 5.69 Å². The highest BCUT2D eigenvalue weighted by atomic mass is 35.5. The molecule has 47 heavy (non-hydrogen) atoms. The molecule has 0 bridgehead atoms. The van der Waals surface area contributed by atoms with E-state index in [4.69, 9.17) is 46.4 Å². The van der Waals surface area contributed by atoms with E-state index in [1.807, 2.05) is 51.1 Å². The molecule has 0 aliphatic carbocycles. The topological polar surface area (TPSA) is 86.8 Å². The maximum absolute atomic E-state index is 14.6. The summed E-state index contributed by atoms with van der Waals surface area (Å²) >= 11 is 25.4. The molecule has 4 aromatic rings. The van der Waals surface area contributed by atoms with Crippen molar-refractivity contribution in [2.24, 2.45) is 5.92 Å². The zero-order valence-electron chi connectivity index (χ0n) is 26.1. The van der Waals surface area contributed by atoms with Crippen molar-refractivity contribution >= 4 is 73.9 Å². The lowest BCUT2D eigenvalue weighted by Gasteiger charge is -2.34. The second-order valence-electron chi connectivity index (χ2n) is 11.5. The van der Waals surface area contributed by atoms with Crippen molar-refractivity contribution in [1.29, 1.82) is 0 Å². The van der Waals surface area contributed by atoms with E-state index < -0.39 is 28.5 Å². The van der Waals surface area contributed by atoms with Crippen LogP contribution in [0, 0.1) is 12.8 Å². The van der Waals surface area contributed by atoms with Crippen LogP contribution in [0.5, 0.6) is 0 Å². The van der Waals surface area contributed by atoms with Gasteiger partial charge >= 0.3 is 0 Å². The first kappa shape index (κ1) is 36.6. The highest BCUT2D eigenvalue weighted by Crippen LogP contribution is 2.34. The lowest BCUT2D eigenvalue weighted by molar-refractivity contribution is -0.140. The first-order valence-electron chi connectivity index (χ1n) is 14.9. The Morgan fingerprint density at radius 3 is 2.09 bits per heavy atom. The predicted octanol–water partition coefficient (Wildman–Crippen LogP) is 8.22. The number of anilines is 1.